The summed E-state index contributed by atoms with van der Waals surface area (Å²) in [4.78, 5) is 15.3. The number of carbonyl (C=O) groups excluding carboxylic acids is 1. The molecule has 0 aromatic heterocycles. The van der Waals surface area contributed by atoms with Gasteiger partial charge in [0.25, 0.3) is 0 Å². The highest BCUT2D eigenvalue weighted by Crippen LogP contribution is 2.46. The van der Waals surface area contributed by atoms with Gasteiger partial charge in [-0.25, -0.2) is 0 Å². The minimum absolute atomic E-state index is 0.0404. The van der Waals surface area contributed by atoms with E-state index in [1.165, 1.54) is 0 Å². The number of ether oxygens (including phenoxy) is 1. The number of aliphatic hydroxyl groups excluding tert-OH is 1. The number of methoxy groups -OCH3 is 1. The molecule has 0 unspecified atom stereocenters. The average molecular weight is 453 g/mol. The van der Waals surface area contributed by atoms with Crippen LogP contribution in [0.2, 0.25) is 0 Å². The number of anilines is 1. The Balaban J connectivity index is 1.46. The minimum Gasteiger partial charge on any atom is -0.497 e. The number of nitrogens with one attached hydrogen (secondary N) is 1. The summed E-state index contributed by atoms with van der Waals surface area (Å²) in [5.41, 5.74) is 4.83. The SMILES string of the molecule is COc1cccc(C#Cc2ccc3c(c2)[C@H]2[C@H](CCN2C(=O)Cc2ccccc2)[C@H](CO)N3)c1. The van der Waals surface area contributed by atoms with Crippen molar-refractivity contribution in [3.8, 4) is 17.6 Å². The molecule has 3 atom stereocenters. The first-order chi connectivity index (χ1) is 16.7. The second-order valence-electron chi connectivity index (χ2n) is 8.86. The molecule has 1 saturated heterocycles. The van der Waals surface area contributed by atoms with Crippen LogP contribution >= 0.6 is 0 Å². The van der Waals surface area contributed by atoms with Gasteiger partial charge in [-0.2, -0.15) is 0 Å². The molecule has 172 valence electrons. The van der Waals surface area contributed by atoms with E-state index in [-0.39, 0.29) is 30.5 Å². The lowest BCUT2D eigenvalue weighted by Gasteiger charge is -2.39. The Bertz CT molecular complexity index is 1240. The normalized spacial score (nSPS) is 20.4. The Morgan fingerprint density at radius 1 is 1.06 bits per heavy atom. The molecule has 2 heterocycles. The third kappa shape index (κ3) is 4.37. The molecule has 0 saturated carbocycles. The summed E-state index contributed by atoms with van der Waals surface area (Å²) in [6, 6.07) is 23.5. The maximum atomic E-state index is 13.3. The third-order valence-corrected chi connectivity index (χ3v) is 6.81. The second kappa shape index (κ2) is 9.62. The molecule has 0 bridgehead atoms. The minimum atomic E-state index is -0.0688. The smallest absolute Gasteiger partial charge is 0.227 e. The van der Waals surface area contributed by atoms with Gasteiger partial charge in [0.15, 0.2) is 0 Å². The number of likely N-dealkylation sites (tertiary alicyclic amines) is 1. The first-order valence-corrected chi connectivity index (χ1v) is 11.7. The molecule has 5 nitrogen and oxygen atoms in total. The fourth-order valence-electron chi connectivity index (χ4n) is 5.14. The number of carbonyl (C=O) groups is 1. The van der Waals surface area contributed by atoms with Crippen molar-refractivity contribution in [1.29, 1.82) is 0 Å². The fraction of sp³-hybridized carbons (Fsp3) is 0.276. The van der Waals surface area contributed by atoms with E-state index >= 15 is 0 Å². The lowest BCUT2D eigenvalue weighted by atomic mass is 9.82. The van der Waals surface area contributed by atoms with Crippen LogP contribution < -0.4 is 10.1 Å². The Kier molecular flexibility index (Phi) is 6.24. The fourth-order valence-corrected chi connectivity index (χ4v) is 5.14. The van der Waals surface area contributed by atoms with Crippen molar-refractivity contribution < 1.29 is 14.6 Å². The van der Waals surface area contributed by atoms with Crippen molar-refractivity contribution in [3.05, 3.63) is 95.1 Å². The second-order valence-corrected chi connectivity index (χ2v) is 8.86. The molecule has 2 N–H and O–H groups in total. The number of benzene rings is 3. The monoisotopic (exact) mass is 452 g/mol. The highest BCUT2D eigenvalue weighted by atomic mass is 16.5. The Morgan fingerprint density at radius 3 is 2.62 bits per heavy atom. The van der Waals surface area contributed by atoms with Crippen LogP contribution in [0.4, 0.5) is 5.69 Å². The van der Waals surface area contributed by atoms with Crippen LogP contribution in [0.15, 0.2) is 72.8 Å². The van der Waals surface area contributed by atoms with Gasteiger partial charge in [0.1, 0.15) is 5.75 Å². The van der Waals surface area contributed by atoms with Crippen LogP contribution in [0.3, 0.4) is 0 Å². The van der Waals surface area contributed by atoms with E-state index in [4.69, 9.17) is 4.74 Å². The van der Waals surface area contributed by atoms with Crippen molar-refractivity contribution >= 4 is 11.6 Å². The molecule has 2 aliphatic rings. The van der Waals surface area contributed by atoms with Crippen molar-refractivity contribution in [3.63, 3.8) is 0 Å². The molecular weight excluding hydrogens is 424 g/mol. The van der Waals surface area contributed by atoms with E-state index in [9.17, 15) is 9.90 Å². The highest BCUT2D eigenvalue weighted by Gasteiger charge is 2.45. The zero-order valence-corrected chi connectivity index (χ0v) is 19.2. The average Bonchev–Trinajstić information content (AvgIpc) is 3.33. The van der Waals surface area contributed by atoms with Crippen molar-refractivity contribution in [2.45, 2.75) is 24.9 Å². The lowest BCUT2D eigenvalue weighted by molar-refractivity contribution is -0.131. The van der Waals surface area contributed by atoms with Crippen LogP contribution in [0.1, 0.15) is 34.7 Å². The molecule has 0 aliphatic carbocycles. The third-order valence-electron chi connectivity index (χ3n) is 6.81. The molecule has 5 rings (SSSR count). The number of hydrogen-bond donors (Lipinski definition) is 2. The lowest BCUT2D eigenvalue weighted by Crippen LogP contribution is -2.43. The highest BCUT2D eigenvalue weighted by molar-refractivity contribution is 5.80. The van der Waals surface area contributed by atoms with Gasteiger partial charge in [0.05, 0.1) is 32.2 Å². The van der Waals surface area contributed by atoms with Gasteiger partial charge in [-0.1, -0.05) is 48.2 Å². The summed E-state index contributed by atoms with van der Waals surface area (Å²) >= 11 is 0. The van der Waals surface area contributed by atoms with Gasteiger partial charge >= 0.3 is 0 Å². The van der Waals surface area contributed by atoms with Crippen molar-refractivity contribution in [2.24, 2.45) is 5.92 Å². The van der Waals surface area contributed by atoms with Gasteiger partial charge in [-0.3, -0.25) is 4.79 Å². The molecule has 1 amide bonds. The van der Waals surface area contributed by atoms with Crippen molar-refractivity contribution in [2.75, 3.05) is 25.6 Å². The van der Waals surface area contributed by atoms with Gasteiger partial charge in [-0.05, 0) is 53.9 Å². The maximum Gasteiger partial charge on any atom is 0.227 e. The number of rotatable bonds is 4. The molecule has 0 radical (unpaired) electrons. The molecule has 5 heteroatoms. The molecule has 1 fully saturated rings. The van der Waals surface area contributed by atoms with Crippen molar-refractivity contribution in [1.82, 2.24) is 4.90 Å². The zero-order valence-electron chi connectivity index (χ0n) is 19.2. The van der Waals surface area contributed by atoms with Crippen LogP contribution in [-0.4, -0.2) is 42.2 Å². The summed E-state index contributed by atoms with van der Waals surface area (Å²) in [5.74, 6) is 7.55. The molecule has 3 aromatic rings. The van der Waals surface area contributed by atoms with Gasteiger partial charge < -0.3 is 20.1 Å². The molecule has 3 aromatic carbocycles. The molecular formula is C29H28N2O3. The van der Waals surface area contributed by atoms with E-state index < -0.39 is 0 Å². The molecule has 34 heavy (non-hydrogen) atoms. The Labute approximate surface area is 200 Å². The van der Waals surface area contributed by atoms with Crippen LogP contribution in [0.5, 0.6) is 5.75 Å². The van der Waals surface area contributed by atoms with E-state index in [1.807, 2.05) is 71.6 Å². The largest absolute Gasteiger partial charge is 0.497 e. The Morgan fingerprint density at radius 2 is 1.85 bits per heavy atom. The Hall–Kier alpha value is -3.75. The van der Waals surface area contributed by atoms with E-state index in [1.54, 1.807) is 7.11 Å². The van der Waals surface area contributed by atoms with E-state index in [0.717, 1.165) is 40.1 Å². The summed E-state index contributed by atoms with van der Waals surface area (Å²) in [6.07, 6.45) is 1.24. The number of amides is 1. The predicted octanol–water partition coefficient (Wildman–Crippen LogP) is 4.01. The van der Waals surface area contributed by atoms with Crippen LogP contribution in [0.25, 0.3) is 0 Å². The van der Waals surface area contributed by atoms with Gasteiger partial charge in [-0.15, -0.1) is 0 Å². The molecule has 2 aliphatic heterocycles. The van der Waals surface area contributed by atoms with E-state index in [2.05, 4.69) is 23.2 Å². The van der Waals surface area contributed by atoms with Gasteiger partial charge in [0.2, 0.25) is 5.91 Å². The number of fused-ring (bicyclic) bond motifs is 3. The summed E-state index contributed by atoms with van der Waals surface area (Å²) in [5, 5.41) is 13.5. The zero-order chi connectivity index (χ0) is 23.5. The summed E-state index contributed by atoms with van der Waals surface area (Å²) in [7, 11) is 1.64. The predicted molar refractivity (Wildman–Crippen MR) is 133 cm³/mol. The topological polar surface area (TPSA) is 61.8 Å². The quantitative estimate of drug-likeness (QED) is 0.587. The van der Waals surface area contributed by atoms with Crippen LogP contribution in [0, 0.1) is 17.8 Å². The first kappa shape index (κ1) is 22.1. The number of aliphatic hydroxyl groups is 1. The number of hydrogen-bond acceptors (Lipinski definition) is 4. The molecule has 0 spiro atoms. The van der Waals surface area contributed by atoms with Crippen LogP contribution in [-0.2, 0) is 11.2 Å². The van der Waals surface area contributed by atoms with E-state index in [0.29, 0.717) is 13.0 Å². The standard InChI is InChI=1S/C29H28N2O3/c1-34-23-9-5-8-21(16-23)10-11-22-12-13-26-25(17-22)29-24(27(19-32)30-26)14-15-31(29)28(33)18-20-6-3-2-4-7-20/h2-9,12-13,16-17,24,27,29-30,32H,14-15,18-19H2,1H3/t24-,27+,29-/m1/s1. The first-order valence-electron chi connectivity index (χ1n) is 11.7. The number of nitrogens with zero attached hydrogens (tertiary/aromatic N) is 1. The van der Waals surface area contributed by atoms with Gasteiger partial charge in [0, 0.05) is 29.3 Å². The summed E-state index contributed by atoms with van der Waals surface area (Å²) < 4.78 is 5.29. The summed E-state index contributed by atoms with van der Waals surface area (Å²) in [6.45, 7) is 0.733. The maximum absolute atomic E-state index is 13.3.